The molecule has 29 heavy (non-hydrogen) atoms. The Hall–Kier alpha value is -3.35. The molecule has 2 atom stereocenters. The molecule has 1 aliphatic rings. The van der Waals surface area contributed by atoms with Crippen molar-refractivity contribution in [2.45, 2.75) is 32.4 Å². The second-order valence-corrected chi connectivity index (χ2v) is 6.91. The highest BCUT2D eigenvalue weighted by Crippen LogP contribution is 2.32. The van der Waals surface area contributed by atoms with Gasteiger partial charge in [-0.25, -0.2) is 0 Å². The number of anilines is 1. The molecule has 0 spiro atoms. The van der Waals surface area contributed by atoms with Crippen molar-refractivity contribution in [3.63, 3.8) is 0 Å². The first-order chi connectivity index (χ1) is 13.9. The molecule has 0 fully saturated rings. The number of nitrogens with one attached hydrogen (secondary N) is 1. The van der Waals surface area contributed by atoms with Crippen molar-refractivity contribution in [1.82, 2.24) is 5.32 Å². The summed E-state index contributed by atoms with van der Waals surface area (Å²) in [5.74, 6) is -1.02. The molecule has 7 heteroatoms. The Balaban J connectivity index is 1.57. The Labute approximate surface area is 169 Å². The van der Waals surface area contributed by atoms with Gasteiger partial charge in [0.1, 0.15) is 12.3 Å². The quantitative estimate of drug-likeness (QED) is 0.758. The summed E-state index contributed by atoms with van der Waals surface area (Å²) in [4.78, 5) is 38.9. The van der Waals surface area contributed by atoms with Crippen molar-refractivity contribution in [2.75, 3.05) is 18.6 Å². The first-order valence-electron chi connectivity index (χ1n) is 9.44. The van der Waals surface area contributed by atoms with Crippen LogP contribution in [0.4, 0.5) is 5.69 Å². The molecule has 0 radical (unpaired) electrons. The van der Waals surface area contributed by atoms with E-state index in [9.17, 15) is 14.4 Å². The molecule has 0 saturated carbocycles. The zero-order chi connectivity index (χ0) is 21.0. The third kappa shape index (κ3) is 4.39. The lowest BCUT2D eigenvalue weighted by atomic mass is 10.1. The van der Waals surface area contributed by atoms with Crippen molar-refractivity contribution in [3.8, 4) is 5.75 Å². The van der Waals surface area contributed by atoms with Gasteiger partial charge >= 0.3 is 5.97 Å². The van der Waals surface area contributed by atoms with Crippen LogP contribution in [0.2, 0.25) is 0 Å². The molecule has 0 aliphatic carbocycles. The number of carbonyl (C=O) groups is 3. The Kier molecular flexibility index (Phi) is 6.16. The summed E-state index contributed by atoms with van der Waals surface area (Å²) in [5, 5.41) is 2.49. The average Bonchev–Trinajstić information content (AvgIpc) is 3.06. The maximum Gasteiger partial charge on any atom is 0.326 e. The normalized spacial score (nSPS) is 16.0. The number of nitrogens with zero attached hydrogens (tertiary/aromatic N) is 1. The molecule has 0 saturated heterocycles. The number of hydrogen-bond acceptors (Lipinski definition) is 5. The molecule has 1 heterocycles. The minimum absolute atomic E-state index is 0.00806. The standard InChI is InChI=1S/C22H24N2O5/c1-14-12-16-8-4-6-10-18(16)24(14)22(27)15(2)29-20(25)13-23-21(26)17-9-5-7-11-19(17)28-3/h4-11,14-15H,12-13H2,1-3H3,(H,23,26)/t14-,15-/m0/s1. The van der Waals surface area contributed by atoms with Crippen LogP contribution in [-0.4, -0.2) is 43.6 Å². The summed E-state index contributed by atoms with van der Waals surface area (Å²) >= 11 is 0. The van der Waals surface area contributed by atoms with Gasteiger partial charge in [0.2, 0.25) is 0 Å². The molecule has 3 rings (SSSR count). The minimum Gasteiger partial charge on any atom is -0.496 e. The highest BCUT2D eigenvalue weighted by atomic mass is 16.5. The fraction of sp³-hybridized carbons (Fsp3) is 0.318. The van der Waals surface area contributed by atoms with Crippen molar-refractivity contribution in [3.05, 3.63) is 59.7 Å². The fourth-order valence-corrected chi connectivity index (χ4v) is 3.47. The minimum atomic E-state index is -0.959. The number of fused-ring (bicyclic) bond motifs is 1. The summed E-state index contributed by atoms with van der Waals surface area (Å²) in [6.07, 6.45) is -0.198. The maximum absolute atomic E-state index is 12.8. The molecular weight excluding hydrogens is 372 g/mol. The fourth-order valence-electron chi connectivity index (χ4n) is 3.47. The molecule has 152 valence electrons. The summed E-state index contributed by atoms with van der Waals surface area (Å²) in [5.41, 5.74) is 2.25. The number of rotatable bonds is 6. The van der Waals surface area contributed by atoms with Crippen LogP contribution in [0.3, 0.4) is 0 Å². The van der Waals surface area contributed by atoms with Crippen LogP contribution in [0.15, 0.2) is 48.5 Å². The van der Waals surface area contributed by atoms with Gasteiger partial charge in [-0.3, -0.25) is 14.4 Å². The first kappa shape index (κ1) is 20.4. The summed E-state index contributed by atoms with van der Waals surface area (Å²) in [6.45, 7) is 3.15. The molecule has 1 N–H and O–H groups in total. The lowest BCUT2D eigenvalue weighted by molar-refractivity contribution is -0.152. The second-order valence-electron chi connectivity index (χ2n) is 6.91. The number of ether oxygens (including phenoxy) is 2. The smallest absolute Gasteiger partial charge is 0.326 e. The molecule has 0 unspecified atom stereocenters. The van der Waals surface area contributed by atoms with Gasteiger partial charge in [0.05, 0.1) is 12.7 Å². The predicted molar refractivity (Wildman–Crippen MR) is 108 cm³/mol. The van der Waals surface area contributed by atoms with Crippen LogP contribution in [0, 0.1) is 0 Å². The molecular formula is C22H24N2O5. The van der Waals surface area contributed by atoms with Gasteiger partial charge in [0.15, 0.2) is 6.10 Å². The lowest BCUT2D eigenvalue weighted by Crippen LogP contribution is -2.44. The Morgan fingerprint density at radius 3 is 2.59 bits per heavy atom. The Morgan fingerprint density at radius 1 is 1.14 bits per heavy atom. The van der Waals surface area contributed by atoms with Crippen molar-refractivity contribution in [1.29, 1.82) is 0 Å². The van der Waals surface area contributed by atoms with Crippen LogP contribution < -0.4 is 15.0 Å². The average molecular weight is 396 g/mol. The topological polar surface area (TPSA) is 84.9 Å². The summed E-state index contributed by atoms with van der Waals surface area (Å²) < 4.78 is 10.4. The van der Waals surface area contributed by atoms with Gasteiger partial charge in [0.25, 0.3) is 11.8 Å². The van der Waals surface area contributed by atoms with Crippen LogP contribution in [0.25, 0.3) is 0 Å². The van der Waals surface area contributed by atoms with E-state index in [1.165, 1.54) is 14.0 Å². The number of carbonyl (C=O) groups excluding carboxylic acids is 3. The predicted octanol–water partition coefficient (Wildman–Crippen LogP) is 2.33. The van der Waals surface area contributed by atoms with E-state index in [0.717, 1.165) is 17.7 Å². The lowest BCUT2D eigenvalue weighted by Gasteiger charge is -2.26. The number of hydrogen-bond donors (Lipinski definition) is 1. The summed E-state index contributed by atoms with van der Waals surface area (Å²) in [6, 6.07) is 14.4. The third-order valence-electron chi connectivity index (χ3n) is 4.85. The van der Waals surface area contributed by atoms with Gasteiger partial charge in [0, 0.05) is 11.7 Å². The van der Waals surface area contributed by atoms with E-state index in [-0.39, 0.29) is 18.5 Å². The van der Waals surface area contributed by atoms with E-state index in [2.05, 4.69) is 5.32 Å². The first-order valence-corrected chi connectivity index (χ1v) is 9.44. The van der Waals surface area contributed by atoms with Gasteiger partial charge in [-0.1, -0.05) is 30.3 Å². The van der Waals surface area contributed by atoms with E-state index in [1.807, 2.05) is 31.2 Å². The molecule has 0 aromatic heterocycles. The van der Waals surface area contributed by atoms with E-state index in [0.29, 0.717) is 11.3 Å². The summed E-state index contributed by atoms with van der Waals surface area (Å²) in [7, 11) is 1.46. The molecule has 7 nitrogen and oxygen atoms in total. The largest absolute Gasteiger partial charge is 0.496 e. The van der Waals surface area contributed by atoms with Crippen molar-refractivity contribution >= 4 is 23.5 Å². The third-order valence-corrected chi connectivity index (χ3v) is 4.85. The molecule has 2 aromatic rings. The Bertz CT molecular complexity index is 927. The van der Waals surface area contributed by atoms with E-state index >= 15 is 0 Å². The van der Waals surface area contributed by atoms with E-state index in [4.69, 9.17) is 9.47 Å². The zero-order valence-electron chi connectivity index (χ0n) is 16.7. The molecule has 1 aliphatic heterocycles. The van der Waals surface area contributed by atoms with Gasteiger partial charge < -0.3 is 19.7 Å². The van der Waals surface area contributed by atoms with Crippen LogP contribution >= 0.6 is 0 Å². The van der Waals surface area contributed by atoms with Crippen LogP contribution in [-0.2, 0) is 20.7 Å². The highest BCUT2D eigenvalue weighted by molar-refractivity contribution is 6.00. The second kappa shape index (κ2) is 8.77. The van der Waals surface area contributed by atoms with Crippen LogP contribution in [0.1, 0.15) is 29.8 Å². The maximum atomic E-state index is 12.8. The van der Waals surface area contributed by atoms with E-state index in [1.54, 1.807) is 29.2 Å². The van der Waals surface area contributed by atoms with Gasteiger partial charge in [-0.15, -0.1) is 0 Å². The van der Waals surface area contributed by atoms with Crippen LogP contribution in [0.5, 0.6) is 5.75 Å². The SMILES string of the molecule is COc1ccccc1C(=O)NCC(=O)O[C@@H](C)C(=O)N1c2ccccc2C[C@@H]1C. The van der Waals surface area contributed by atoms with Crippen molar-refractivity contribution in [2.24, 2.45) is 0 Å². The molecule has 0 bridgehead atoms. The monoisotopic (exact) mass is 396 g/mol. The molecule has 2 amide bonds. The van der Waals surface area contributed by atoms with E-state index < -0.39 is 18.0 Å². The van der Waals surface area contributed by atoms with Gasteiger partial charge in [-0.05, 0) is 44.0 Å². The number of amides is 2. The Morgan fingerprint density at radius 2 is 1.83 bits per heavy atom. The number of methoxy groups -OCH3 is 1. The number of esters is 1. The highest BCUT2D eigenvalue weighted by Gasteiger charge is 2.34. The molecule has 2 aromatic carbocycles. The zero-order valence-corrected chi connectivity index (χ0v) is 16.7. The van der Waals surface area contributed by atoms with Crippen molar-refractivity contribution < 1.29 is 23.9 Å². The van der Waals surface area contributed by atoms with Gasteiger partial charge in [-0.2, -0.15) is 0 Å². The number of benzene rings is 2. The number of para-hydroxylation sites is 2.